The number of hydrogen-bond donors (Lipinski definition) is 0. The van der Waals surface area contributed by atoms with Gasteiger partial charge in [-0.15, -0.1) is 11.8 Å². The first kappa shape index (κ1) is 18.1. The second kappa shape index (κ2) is 7.68. The van der Waals surface area contributed by atoms with Gasteiger partial charge in [0.15, 0.2) is 0 Å². The number of nitrogens with zero attached hydrogens (tertiary/aromatic N) is 1. The van der Waals surface area contributed by atoms with Crippen molar-refractivity contribution >= 4 is 17.4 Å². The van der Waals surface area contributed by atoms with E-state index < -0.39 is 12.6 Å². The van der Waals surface area contributed by atoms with Crippen LogP contribution in [0.2, 0.25) is 0 Å². The van der Waals surface area contributed by atoms with Crippen LogP contribution in [0.25, 0.3) is 0 Å². The van der Waals surface area contributed by atoms with E-state index in [2.05, 4.69) is 0 Å². The molecule has 2 aromatic rings. The number of para-hydroxylation sites is 1. The van der Waals surface area contributed by atoms with Gasteiger partial charge in [0, 0.05) is 29.7 Å². The Labute approximate surface area is 149 Å². The molecule has 1 atom stereocenters. The summed E-state index contributed by atoms with van der Waals surface area (Å²) in [6, 6.07) is 14.3. The van der Waals surface area contributed by atoms with Crippen molar-refractivity contribution in [1.82, 2.24) is 0 Å². The molecule has 0 unspecified atom stereocenters. The van der Waals surface area contributed by atoms with Crippen LogP contribution in [0.3, 0.4) is 0 Å². The quantitative estimate of drug-likeness (QED) is 0.589. The lowest BCUT2D eigenvalue weighted by molar-refractivity contribution is -0.135. The lowest BCUT2D eigenvalue weighted by Gasteiger charge is -2.24. The molecule has 6 heteroatoms. The largest absolute Gasteiger partial charge is 0.389 e. The zero-order valence-electron chi connectivity index (χ0n) is 13.6. The van der Waals surface area contributed by atoms with Crippen molar-refractivity contribution in [3.8, 4) is 0 Å². The van der Waals surface area contributed by atoms with Crippen molar-refractivity contribution in [2.24, 2.45) is 0 Å². The first-order valence-corrected chi connectivity index (χ1v) is 9.13. The second-order valence-corrected chi connectivity index (χ2v) is 7.37. The van der Waals surface area contributed by atoms with Crippen molar-refractivity contribution in [3.63, 3.8) is 0 Å². The lowest BCUT2D eigenvalue weighted by Crippen LogP contribution is -2.26. The van der Waals surface area contributed by atoms with E-state index in [1.54, 1.807) is 23.9 Å². The van der Waals surface area contributed by atoms with Crippen LogP contribution in [-0.2, 0) is 0 Å². The normalized spacial score (nSPS) is 17.9. The monoisotopic (exact) mass is 369 g/mol. The molecule has 0 spiro atoms. The average Bonchev–Trinajstić information content (AvgIpc) is 2.74. The highest BCUT2D eigenvalue weighted by Gasteiger charge is 2.28. The molecule has 0 fully saturated rings. The molecule has 1 aliphatic heterocycles. The summed E-state index contributed by atoms with van der Waals surface area (Å²) in [4.78, 5) is 3.05. The third kappa shape index (κ3) is 4.91. The van der Waals surface area contributed by atoms with E-state index >= 15 is 0 Å². The fraction of sp³-hybridized carbons (Fsp3) is 0.368. The minimum atomic E-state index is -4.12. The highest BCUT2D eigenvalue weighted by Crippen LogP contribution is 2.45. The Morgan fingerprint density at radius 2 is 1.88 bits per heavy atom. The number of rotatable bonds is 4. The molecule has 0 saturated carbocycles. The van der Waals surface area contributed by atoms with E-state index in [1.165, 1.54) is 6.07 Å². The smallest absolute Gasteiger partial charge is 0.371 e. The summed E-state index contributed by atoms with van der Waals surface area (Å²) in [5.74, 6) is -0.266. The van der Waals surface area contributed by atoms with Gasteiger partial charge in [-0.3, -0.25) is 0 Å². The van der Waals surface area contributed by atoms with Crippen LogP contribution in [0.1, 0.15) is 30.1 Å². The molecule has 3 rings (SSSR count). The molecule has 2 aromatic carbocycles. The van der Waals surface area contributed by atoms with Gasteiger partial charge in [-0.2, -0.15) is 13.2 Å². The van der Waals surface area contributed by atoms with E-state index in [9.17, 15) is 17.6 Å². The first-order valence-electron chi connectivity index (χ1n) is 8.25. The van der Waals surface area contributed by atoms with Crippen LogP contribution in [0.5, 0.6) is 0 Å². The van der Waals surface area contributed by atoms with Gasteiger partial charge in [0.05, 0.1) is 5.69 Å². The van der Waals surface area contributed by atoms with Crippen LogP contribution in [-0.4, -0.2) is 19.3 Å². The maximum absolute atomic E-state index is 13.5. The Bertz CT molecular complexity index is 717. The SMILES string of the molecule is Fc1cccc([C@H]2CCN(CCCC(F)(F)F)c3ccccc3S2)c1. The van der Waals surface area contributed by atoms with Gasteiger partial charge < -0.3 is 4.90 Å². The van der Waals surface area contributed by atoms with E-state index in [4.69, 9.17) is 0 Å². The zero-order valence-corrected chi connectivity index (χ0v) is 14.4. The minimum absolute atomic E-state index is 0.0765. The molecule has 0 radical (unpaired) electrons. The zero-order chi connectivity index (χ0) is 17.9. The van der Waals surface area contributed by atoms with Crippen LogP contribution in [0, 0.1) is 5.82 Å². The Balaban J connectivity index is 1.78. The number of fused-ring (bicyclic) bond motifs is 1. The molecule has 0 aromatic heterocycles. The Morgan fingerprint density at radius 3 is 2.64 bits per heavy atom. The summed E-state index contributed by atoms with van der Waals surface area (Å²) in [5.41, 5.74) is 1.88. The fourth-order valence-electron chi connectivity index (χ4n) is 3.07. The molecule has 0 bridgehead atoms. The number of anilines is 1. The van der Waals surface area contributed by atoms with Crippen LogP contribution in [0.15, 0.2) is 53.4 Å². The molecule has 134 valence electrons. The highest BCUT2D eigenvalue weighted by molar-refractivity contribution is 7.99. The van der Waals surface area contributed by atoms with Gasteiger partial charge in [0.2, 0.25) is 0 Å². The molecule has 1 heterocycles. The Morgan fingerprint density at radius 1 is 1.08 bits per heavy atom. The summed E-state index contributed by atoms with van der Waals surface area (Å²) in [6.07, 6.45) is -4.06. The second-order valence-electron chi connectivity index (χ2n) is 6.12. The van der Waals surface area contributed by atoms with Crippen molar-refractivity contribution in [2.75, 3.05) is 18.0 Å². The fourth-order valence-corrected chi connectivity index (χ4v) is 4.36. The standard InChI is InChI=1S/C19H19F4NS/c20-15-6-3-5-14(13-15)17-9-12-24(11-4-10-19(21,22)23)16-7-1-2-8-18(16)25-17/h1-3,5-8,13,17H,4,9-12H2/t17-/m1/s1. The molecule has 0 aliphatic carbocycles. The Kier molecular flexibility index (Phi) is 5.57. The van der Waals surface area contributed by atoms with Crippen molar-refractivity contribution in [2.45, 2.75) is 35.6 Å². The summed E-state index contributed by atoms with van der Waals surface area (Å²) in [5, 5.41) is 0.0875. The third-order valence-corrected chi connectivity index (χ3v) is 5.64. The summed E-state index contributed by atoms with van der Waals surface area (Å²) in [6.45, 7) is 1.02. The van der Waals surface area contributed by atoms with E-state index in [-0.39, 0.29) is 17.5 Å². The van der Waals surface area contributed by atoms with Crippen molar-refractivity contribution in [1.29, 1.82) is 0 Å². The maximum atomic E-state index is 13.5. The topological polar surface area (TPSA) is 3.24 Å². The average molecular weight is 369 g/mol. The third-order valence-electron chi connectivity index (χ3n) is 4.25. The molecule has 0 saturated heterocycles. The molecule has 25 heavy (non-hydrogen) atoms. The molecular weight excluding hydrogens is 350 g/mol. The number of halogens is 4. The number of thioether (sulfide) groups is 1. The van der Waals surface area contributed by atoms with Gasteiger partial charge in [-0.25, -0.2) is 4.39 Å². The van der Waals surface area contributed by atoms with E-state index in [0.717, 1.165) is 22.6 Å². The lowest BCUT2D eigenvalue weighted by atomic mass is 10.1. The van der Waals surface area contributed by atoms with Crippen molar-refractivity contribution in [3.05, 3.63) is 59.9 Å². The van der Waals surface area contributed by atoms with Crippen LogP contribution < -0.4 is 4.90 Å². The molecule has 0 N–H and O–H groups in total. The number of benzene rings is 2. The van der Waals surface area contributed by atoms with Crippen LogP contribution >= 0.6 is 11.8 Å². The van der Waals surface area contributed by atoms with Crippen molar-refractivity contribution < 1.29 is 17.6 Å². The van der Waals surface area contributed by atoms with Gasteiger partial charge >= 0.3 is 6.18 Å². The predicted octanol–water partition coefficient (Wildman–Crippen LogP) is 6.21. The van der Waals surface area contributed by atoms with Gasteiger partial charge in [0.1, 0.15) is 5.82 Å². The predicted molar refractivity (Wildman–Crippen MR) is 93.6 cm³/mol. The van der Waals surface area contributed by atoms with Gasteiger partial charge in [-0.05, 0) is 42.7 Å². The number of alkyl halides is 3. The molecule has 1 nitrogen and oxygen atoms in total. The molecular formula is C19H19F4NS. The minimum Gasteiger partial charge on any atom is -0.371 e. The molecule has 0 amide bonds. The highest BCUT2D eigenvalue weighted by atomic mass is 32.2. The first-order chi connectivity index (χ1) is 11.9. The van der Waals surface area contributed by atoms with Crippen LogP contribution in [0.4, 0.5) is 23.2 Å². The van der Waals surface area contributed by atoms with E-state index in [1.807, 2.05) is 35.2 Å². The van der Waals surface area contributed by atoms with Gasteiger partial charge in [-0.1, -0.05) is 24.3 Å². The van der Waals surface area contributed by atoms with E-state index in [0.29, 0.717) is 13.1 Å². The summed E-state index contributed by atoms with van der Waals surface area (Å²) < 4.78 is 50.9. The summed E-state index contributed by atoms with van der Waals surface area (Å²) >= 11 is 1.65. The van der Waals surface area contributed by atoms with Gasteiger partial charge in [0.25, 0.3) is 0 Å². The number of hydrogen-bond acceptors (Lipinski definition) is 2. The summed E-state index contributed by atoms with van der Waals surface area (Å²) in [7, 11) is 0. The Hall–Kier alpha value is -1.69. The maximum Gasteiger partial charge on any atom is 0.389 e. The molecule has 1 aliphatic rings.